The second-order valence-electron chi connectivity index (χ2n) is 6.96. The van der Waals surface area contributed by atoms with Crippen LogP contribution in [0.25, 0.3) is 0 Å². The van der Waals surface area contributed by atoms with Crippen LogP contribution in [0.3, 0.4) is 0 Å². The Hall–Kier alpha value is -1.31. The van der Waals surface area contributed by atoms with Crippen LogP contribution >= 0.6 is 0 Å². The van der Waals surface area contributed by atoms with Crippen LogP contribution in [-0.2, 0) is 14.6 Å². The Bertz CT molecular complexity index is 535. The van der Waals surface area contributed by atoms with Gasteiger partial charge in [0.1, 0.15) is 0 Å². The van der Waals surface area contributed by atoms with Crippen LogP contribution in [0, 0.1) is 0 Å². The van der Waals surface area contributed by atoms with E-state index in [1.807, 2.05) is 0 Å². The summed E-state index contributed by atoms with van der Waals surface area (Å²) in [5, 5.41) is 9.17. The molecule has 0 aromatic carbocycles. The largest absolute Gasteiger partial charge is 0.356 e. The summed E-state index contributed by atoms with van der Waals surface area (Å²) in [4.78, 5) is 16.0. The zero-order valence-electron chi connectivity index (χ0n) is 16.3. The first-order valence-corrected chi connectivity index (χ1v) is 11.7. The average Bonchev–Trinajstić information content (AvgIpc) is 2.94. The van der Waals surface area contributed by atoms with Gasteiger partial charge >= 0.3 is 0 Å². The Morgan fingerprint density at radius 3 is 2.31 bits per heavy atom. The monoisotopic (exact) mass is 388 g/mol. The lowest BCUT2D eigenvalue weighted by molar-refractivity contribution is -0.121. The van der Waals surface area contributed by atoms with Crippen LogP contribution in [0.2, 0.25) is 0 Å². The van der Waals surface area contributed by atoms with Crippen molar-refractivity contribution < 1.29 is 13.2 Å². The molecule has 1 fully saturated rings. The number of rotatable bonds is 12. The van der Waals surface area contributed by atoms with Crippen LogP contribution in [0.15, 0.2) is 4.99 Å². The van der Waals surface area contributed by atoms with Gasteiger partial charge in [-0.2, -0.15) is 0 Å². The van der Waals surface area contributed by atoms with Gasteiger partial charge in [0, 0.05) is 32.6 Å². The lowest BCUT2D eigenvalue weighted by Gasteiger charge is -2.13. The number of nitrogens with one attached hydrogen (secondary N) is 3. The van der Waals surface area contributed by atoms with E-state index in [1.165, 1.54) is 38.5 Å². The molecule has 1 heterocycles. The molecule has 0 aromatic heterocycles. The number of aliphatic imine (C=N–C) groups is 1. The van der Waals surface area contributed by atoms with Gasteiger partial charge in [-0.05, 0) is 12.8 Å². The molecule has 1 atom stereocenters. The molecule has 1 saturated heterocycles. The van der Waals surface area contributed by atoms with Gasteiger partial charge < -0.3 is 16.0 Å². The quantitative estimate of drug-likeness (QED) is 0.268. The highest BCUT2D eigenvalue weighted by atomic mass is 32.2. The molecule has 0 aliphatic carbocycles. The third-order valence-electron chi connectivity index (χ3n) is 4.54. The summed E-state index contributed by atoms with van der Waals surface area (Å²) in [6.07, 6.45) is 9.70. The molecule has 1 amide bonds. The molecule has 1 aliphatic rings. The Kier molecular flexibility index (Phi) is 11.3. The van der Waals surface area contributed by atoms with Crippen LogP contribution in [-0.4, -0.2) is 58.0 Å². The van der Waals surface area contributed by atoms with Crippen LogP contribution in [0.5, 0.6) is 0 Å². The summed E-state index contributed by atoms with van der Waals surface area (Å²) in [7, 11) is -1.25. The molecule has 0 bridgehead atoms. The normalized spacial score (nSPS) is 19.3. The molecule has 0 radical (unpaired) electrons. The summed E-state index contributed by atoms with van der Waals surface area (Å²) in [6.45, 7) is 3.58. The second kappa shape index (κ2) is 12.9. The van der Waals surface area contributed by atoms with Crippen molar-refractivity contribution in [3.63, 3.8) is 0 Å². The van der Waals surface area contributed by atoms with E-state index in [0.29, 0.717) is 25.3 Å². The molecule has 0 saturated carbocycles. The average molecular weight is 389 g/mol. The van der Waals surface area contributed by atoms with Crippen molar-refractivity contribution in [2.24, 2.45) is 4.99 Å². The Morgan fingerprint density at radius 2 is 1.69 bits per heavy atom. The van der Waals surface area contributed by atoms with Crippen molar-refractivity contribution in [3.05, 3.63) is 0 Å². The number of carbonyl (C=O) groups excluding carboxylic acids is 1. The van der Waals surface area contributed by atoms with E-state index in [1.54, 1.807) is 7.05 Å². The van der Waals surface area contributed by atoms with Crippen LogP contribution < -0.4 is 16.0 Å². The highest BCUT2D eigenvalue weighted by molar-refractivity contribution is 7.91. The zero-order chi connectivity index (χ0) is 19.3. The first-order chi connectivity index (χ1) is 12.5. The van der Waals surface area contributed by atoms with E-state index >= 15 is 0 Å². The number of hydrogen-bond donors (Lipinski definition) is 3. The lowest BCUT2D eigenvalue weighted by Crippen LogP contribution is -2.41. The van der Waals surface area contributed by atoms with Gasteiger partial charge in [0.15, 0.2) is 15.8 Å². The minimum Gasteiger partial charge on any atom is -0.356 e. The number of guanidine groups is 1. The first kappa shape index (κ1) is 22.7. The van der Waals surface area contributed by atoms with Gasteiger partial charge in [-0.3, -0.25) is 9.79 Å². The van der Waals surface area contributed by atoms with E-state index in [2.05, 4.69) is 27.9 Å². The molecular weight excluding hydrogens is 352 g/mol. The third kappa shape index (κ3) is 10.6. The molecule has 1 unspecified atom stereocenters. The number of carbonyl (C=O) groups is 1. The van der Waals surface area contributed by atoms with E-state index < -0.39 is 9.84 Å². The number of sulfone groups is 1. The molecule has 1 aliphatic heterocycles. The SMILES string of the molecule is CCCCCCCCCNC(=NC)NCCC(=O)NC1CCS(=O)(=O)C1. The minimum absolute atomic E-state index is 0.0633. The summed E-state index contributed by atoms with van der Waals surface area (Å²) < 4.78 is 22.8. The van der Waals surface area contributed by atoms with Crippen molar-refractivity contribution in [1.82, 2.24) is 16.0 Å². The predicted molar refractivity (Wildman–Crippen MR) is 107 cm³/mol. The third-order valence-corrected chi connectivity index (χ3v) is 6.31. The second-order valence-corrected chi connectivity index (χ2v) is 9.19. The number of hydrogen-bond acceptors (Lipinski definition) is 4. The molecule has 0 aromatic rings. The smallest absolute Gasteiger partial charge is 0.222 e. The summed E-state index contributed by atoms with van der Waals surface area (Å²) in [6, 6.07) is -0.234. The molecule has 1 rings (SSSR count). The maximum Gasteiger partial charge on any atom is 0.222 e. The summed E-state index contributed by atoms with van der Waals surface area (Å²) in [5.74, 6) is 0.813. The topological polar surface area (TPSA) is 99.7 Å². The molecule has 0 spiro atoms. The molecule has 7 nitrogen and oxygen atoms in total. The Morgan fingerprint density at radius 1 is 1.04 bits per heavy atom. The maximum absolute atomic E-state index is 11.9. The molecule has 3 N–H and O–H groups in total. The van der Waals surface area contributed by atoms with Crippen LogP contribution in [0.1, 0.15) is 64.7 Å². The highest BCUT2D eigenvalue weighted by Gasteiger charge is 2.28. The van der Waals surface area contributed by atoms with Gasteiger partial charge in [0.2, 0.25) is 5.91 Å². The van der Waals surface area contributed by atoms with Gasteiger partial charge in [-0.15, -0.1) is 0 Å². The predicted octanol–water partition coefficient (Wildman–Crippen LogP) is 1.60. The fourth-order valence-electron chi connectivity index (χ4n) is 3.01. The van der Waals surface area contributed by atoms with Crippen molar-refractivity contribution in [2.45, 2.75) is 70.8 Å². The van der Waals surface area contributed by atoms with Crippen molar-refractivity contribution in [2.75, 3.05) is 31.6 Å². The van der Waals surface area contributed by atoms with Crippen LogP contribution in [0.4, 0.5) is 0 Å². The molecular formula is C18H36N4O3S. The molecule has 152 valence electrons. The minimum atomic E-state index is -2.96. The molecule has 8 heteroatoms. The van der Waals surface area contributed by atoms with E-state index in [0.717, 1.165) is 13.0 Å². The summed E-state index contributed by atoms with van der Waals surface area (Å²) >= 11 is 0. The van der Waals surface area contributed by atoms with Gasteiger partial charge in [-0.1, -0.05) is 45.4 Å². The van der Waals surface area contributed by atoms with Crippen molar-refractivity contribution in [3.8, 4) is 0 Å². The van der Waals surface area contributed by atoms with Gasteiger partial charge in [0.25, 0.3) is 0 Å². The maximum atomic E-state index is 11.9. The fourth-order valence-corrected chi connectivity index (χ4v) is 4.69. The Labute approximate surface area is 158 Å². The van der Waals surface area contributed by atoms with Gasteiger partial charge in [0.05, 0.1) is 11.5 Å². The fraction of sp³-hybridized carbons (Fsp3) is 0.889. The standard InChI is InChI=1S/C18H36N4O3S/c1-3-4-5-6-7-8-9-12-20-18(19-2)21-13-10-17(23)22-16-11-14-26(24,25)15-16/h16H,3-15H2,1-2H3,(H,22,23)(H2,19,20,21). The number of amides is 1. The zero-order valence-corrected chi connectivity index (χ0v) is 17.2. The molecule has 26 heavy (non-hydrogen) atoms. The Balaban J connectivity index is 2.04. The number of unbranched alkanes of at least 4 members (excludes halogenated alkanes) is 6. The summed E-state index contributed by atoms with van der Waals surface area (Å²) in [5.41, 5.74) is 0. The van der Waals surface area contributed by atoms with Crippen molar-refractivity contribution >= 4 is 21.7 Å². The highest BCUT2D eigenvalue weighted by Crippen LogP contribution is 2.11. The number of nitrogens with zero attached hydrogens (tertiary/aromatic N) is 1. The lowest BCUT2D eigenvalue weighted by atomic mass is 10.1. The van der Waals surface area contributed by atoms with Crippen molar-refractivity contribution in [1.29, 1.82) is 0 Å². The van der Waals surface area contributed by atoms with E-state index in [-0.39, 0.29) is 23.5 Å². The van der Waals surface area contributed by atoms with E-state index in [4.69, 9.17) is 0 Å². The van der Waals surface area contributed by atoms with E-state index in [9.17, 15) is 13.2 Å². The van der Waals surface area contributed by atoms with Gasteiger partial charge in [-0.25, -0.2) is 8.42 Å². The first-order valence-electron chi connectivity index (χ1n) is 9.91.